The van der Waals surface area contributed by atoms with Crippen molar-refractivity contribution >= 4 is 5.95 Å². The highest BCUT2D eigenvalue weighted by molar-refractivity contribution is 5.26. The second kappa shape index (κ2) is 2.61. The van der Waals surface area contributed by atoms with Gasteiger partial charge in [0, 0.05) is 24.6 Å². The molecule has 2 heterocycles. The van der Waals surface area contributed by atoms with E-state index >= 15 is 0 Å². The monoisotopic (exact) mass is 166 g/mol. The summed E-state index contributed by atoms with van der Waals surface area (Å²) >= 11 is 0. The average Bonchev–Trinajstić information content (AvgIpc) is 2.51. The lowest BCUT2D eigenvalue weighted by Gasteiger charge is -1.98. The number of nitrogen functional groups attached to an aromatic ring is 1. The van der Waals surface area contributed by atoms with Crippen molar-refractivity contribution in [1.82, 2.24) is 19.7 Å². The predicted octanol–water partition coefficient (Wildman–Crippen LogP) is 0.244. The summed E-state index contributed by atoms with van der Waals surface area (Å²) < 4.78 is 37.9. The standard InChI is InChI=1S/C7H7N5/c8-7-9-4-2-6(11-7)12-5-1-3-10-12/h1-5H,(H2,8,9,11)/i1D,2D,3D,4D,5D. The molecule has 12 heavy (non-hydrogen) atoms. The summed E-state index contributed by atoms with van der Waals surface area (Å²) in [6.45, 7) is 0. The molecule has 0 saturated heterocycles. The molecule has 2 aromatic rings. The molecule has 0 saturated carbocycles. The van der Waals surface area contributed by atoms with Gasteiger partial charge in [-0.3, -0.25) is 0 Å². The molecule has 0 bridgehead atoms. The number of anilines is 1. The first-order valence-electron chi connectivity index (χ1n) is 5.55. The van der Waals surface area contributed by atoms with E-state index < -0.39 is 12.3 Å². The van der Waals surface area contributed by atoms with Crippen molar-refractivity contribution in [3.8, 4) is 5.82 Å². The fourth-order valence-corrected chi connectivity index (χ4v) is 0.675. The third-order valence-electron chi connectivity index (χ3n) is 1.13. The maximum atomic E-state index is 7.57. The molecule has 2 aromatic heterocycles. The summed E-state index contributed by atoms with van der Waals surface area (Å²) in [6, 6.07) is -0.747. The summed E-state index contributed by atoms with van der Waals surface area (Å²) in [5, 5.41) is 3.58. The Labute approximate surface area is 75.9 Å². The first-order valence-corrected chi connectivity index (χ1v) is 3.05. The zero-order valence-electron chi connectivity index (χ0n) is 10.9. The van der Waals surface area contributed by atoms with Crippen LogP contribution in [0.25, 0.3) is 5.82 Å². The van der Waals surface area contributed by atoms with Crippen LogP contribution in [-0.4, -0.2) is 19.7 Å². The smallest absolute Gasteiger partial charge is 0.221 e. The maximum absolute atomic E-state index is 7.57. The molecule has 0 aliphatic rings. The van der Waals surface area contributed by atoms with Gasteiger partial charge in [-0.1, -0.05) is 0 Å². The molecule has 5 heteroatoms. The predicted molar refractivity (Wildman–Crippen MR) is 43.6 cm³/mol. The fraction of sp³-hybridized carbons (Fsp3) is 0. The summed E-state index contributed by atoms with van der Waals surface area (Å²) in [6.07, 6.45) is -1.19. The van der Waals surface area contributed by atoms with Crippen LogP contribution in [0.3, 0.4) is 0 Å². The summed E-state index contributed by atoms with van der Waals surface area (Å²) in [5.74, 6) is -0.409. The minimum Gasteiger partial charge on any atom is -0.368 e. The van der Waals surface area contributed by atoms with Crippen molar-refractivity contribution in [2.45, 2.75) is 0 Å². The molecule has 0 aliphatic heterocycles. The normalized spacial score (nSPS) is 15.8. The summed E-state index contributed by atoms with van der Waals surface area (Å²) in [7, 11) is 0. The van der Waals surface area contributed by atoms with Crippen molar-refractivity contribution in [1.29, 1.82) is 0 Å². The molecule has 5 nitrogen and oxygen atoms in total. The minimum absolute atomic E-state index is 0.181. The molecule has 0 aromatic carbocycles. The van der Waals surface area contributed by atoms with E-state index in [1.54, 1.807) is 0 Å². The second-order valence-electron chi connectivity index (χ2n) is 1.90. The lowest BCUT2D eigenvalue weighted by atomic mass is 10.6. The van der Waals surface area contributed by atoms with E-state index in [0.29, 0.717) is 0 Å². The van der Waals surface area contributed by atoms with Gasteiger partial charge in [-0.25, -0.2) is 9.67 Å². The van der Waals surface area contributed by atoms with Crippen LogP contribution >= 0.6 is 0 Å². The molecular weight excluding hydrogens is 154 g/mol. The lowest BCUT2D eigenvalue weighted by Crippen LogP contribution is -2.01. The molecule has 0 atom stereocenters. The van der Waals surface area contributed by atoms with E-state index in [2.05, 4.69) is 15.1 Å². The number of hydrogen-bond acceptors (Lipinski definition) is 4. The van der Waals surface area contributed by atoms with Gasteiger partial charge in [0.2, 0.25) is 5.95 Å². The van der Waals surface area contributed by atoms with E-state index in [9.17, 15) is 0 Å². The van der Waals surface area contributed by atoms with E-state index in [1.165, 1.54) is 0 Å². The molecule has 0 radical (unpaired) electrons. The number of aromatic nitrogens is 4. The van der Waals surface area contributed by atoms with Crippen molar-refractivity contribution in [2.24, 2.45) is 0 Å². The zero-order chi connectivity index (χ0) is 12.7. The van der Waals surface area contributed by atoms with Crippen LogP contribution in [0.1, 0.15) is 6.85 Å². The van der Waals surface area contributed by atoms with E-state index in [1.807, 2.05) is 0 Å². The Bertz CT molecular complexity index is 595. The average molecular weight is 166 g/mol. The van der Waals surface area contributed by atoms with Crippen LogP contribution in [-0.2, 0) is 0 Å². The Morgan fingerprint density at radius 2 is 2.42 bits per heavy atom. The minimum atomic E-state index is -0.405. The van der Waals surface area contributed by atoms with Gasteiger partial charge in [0.25, 0.3) is 0 Å². The Morgan fingerprint density at radius 1 is 1.50 bits per heavy atom. The van der Waals surface area contributed by atoms with Crippen molar-refractivity contribution in [3.05, 3.63) is 30.6 Å². The quantitative estimate of drug-likeness (QED) is 0.659. The van der Waals surface area contributed by atoms with Gasteiger partial charge < -0.3 is 5.73 Å². The molecule has 60 valence electrons. The molecule has 0 aliphatic carbocycles. The van der Waals surface area contributed by atoms with Gasteiger partial charge in [0.15, 0.2) is 5.82 Å². The highest BCUT2D eigenvalue weighted by Crippen LogP contribution is 2.01. The maximum Gasteiger partial charge on any atom is 0.221 e. The zero-order valence-corrected chi connectivity index (χ0v) is 5.87. The number of nitrogens with two attached hydrogens (primary N) is 1. The topological polar surface area (TPSA) is 69.6 Å². The first kappa shape index (κ1) is 3.22. The lowest BCUT2D eigenvalue weighted by molar-refractivity contribution is 0.842. The SMILES string of the molecule is [2H]c1nc(N)nc(-n2nc([2H])c([2H])c2[2H])c1[2H]. The van der Waals surface area contributed by atoms with Crippen LogP contribution in [0.4, 0.5) is 5.95 Å². The highest BCUT2D eigenvalue weighted by atomic mass is 15.3. The Hall–Kier alpha value is -1.91. The van der Waals surface area contributed by atoms with Gasteiger partial charge in [0.1, 0.15) is 0 Å². The molecule has 0 unspecified atom stereocenters. The summed E-state index contributed by atoms with van der Waals surface area (Å²) in [4.78, 5) is 7.16. The van der Waals surface area contributed by atoms with Gasteiger partial charge in [-0.05, 0) is 6.04 Å². The fourth-order valence-electron chi connectivity index (χ4n) is 0.675. The molecular formula is C7H7N5. The largest absolute Gasteiger partial charge is 0.368 e. The third kappa shape index (κ3) is 1.12. The van der Waals surface area contributed by atoms with Gasteiger partial charge in [0.05, 0.1) is 6.85 Å². The van der Waals surface area contributed by atoms with Crippen LogP contribution in [0, 0.1) is 0 Å². The van der Waals surface area contributed by atoms with Crippen LogP contribution in [0.15, 0.2) is 30.6 Å². The van der Waals surface area contributed by atoms with E-state index in [-0.39, 0.29) is 30.0 Å². The molecule has 2 rings (SSSR count). The third-order valence-corrected chi connectivity index (χ3v) is 1.13. The van der Waals surface area contributed by atoms with Crippen LogP contribution in [0.2, 0.25) is 0 Å². The van der Waals surface area contributed by atoms with E-state index in [0.717, 1.165) is 4.68 Å². The number of rotatable bonds is 1. The first-order chi connectivity index (χ1) is 7.91. The molecule has 0 fully saturated rings. The van der Waals surface area contributed by atoms with Crippen LogP contribution < -0.4 is 5.73 Å². The van der Waals surface area contributed by atoms with Gasteiger partial charge in [-0.2, -0.15) is 10.1 Å². The van der Waals surface area contributed by atoms with Crippen molar-refractivity contribution in [2.75, 3.05) is 5.73 Å². The number of hydrogen-bond donors (Lipinski definition) is 1. The highest BCUT2D eigenvalue weighted by Gasteiger charge is 1.96. The second-order valence-corrected chi connectivity index (χ2v) is 1.90. The Kier molecular flexibility index (Phi) is 0.701. The van der Waals surface area contributed by atoms with E-state index in [4.69, 9.17) is 12.6 Å². The molecule has 0 amide bonds. The van der Waals surface area contributed by atoms with Gasteiger partial charge in [-0.15, -0.1) is 0 Å². The van der Waals surface area contributed by atoms with Gasteiger partial charge >= 0.3 is 0 Å². The Balaban J connectivity index is 2.72. The molecule has 0 spiro atoms. The molecule has 2 N–H and O–H groups in total. The van der Waals surface area contributed by atoms with Crippen molar-refractivity contribution in [3.63, 3.8) is 0 Å². The van der Waals surface area contributed by atoms with Crippen LogP contribution in [0.5, 0.6) is 0 Å². The summed E-state index contributed by atoms with van der Waals surface area (Å²) in [5.41, 5.74) is 5.34. The Morgan fingerprint density at radius 3 is 3.17 bits per heavy atom. The number of nitrogens with zero attached hydrogens (tertiary/aromatic N) is 4. The van der Waals surface area contributed by atoms with Crippen molar-refractivity contribution < 1.29 is 6.85 Å².